The van der Waals surface area contributed by atoms with Gasteiger partial charge >= 0.3 is 6.18 Å². The van der Waals surface area contributed by atoms with Crippen LogP contribution in [0.4, 0.5) is 17.6 Å². The maximum Gasteiger partial charge on any atom is 0.424 e. The summed E-state index contributed by atoms with van der Waals surface area (Å²) in [6, 6.07) is 8.33. The number of nitrogens with one attached hydrogen (secondary N) is 1. The normalized spacial score (nSPS) is 13.1. The number of benzene rings is 1. The fraction of sp³-hybridized carbons (Fsp3) is 0.280. The molecule has 0 radical (unpaired) electrons. The molecule has 0 spiro atoms. The van der Waals surface area contributed by atoms with E-state index in [0.717, 1.165) is 18.2 Å². The Bertz CT molecular complexity index is 1300. The predicted molar refractivity (Wildman–Crippen MR) is 125 cm³/mol. The number of aromatic nitrogens is 2. The van der Waals surface area contributed by atoms with Gasteiger partial charge in [0, 0.05) is 23.0 Å². The standard InChI is InChI=1S/C25H24F4N4O4/c1-3-37-22-16(12-20(30)34)11-19(33-21(22)15-6-8-17(26)9-7-15)24(36,25(27,28)29)13-32-23(35)18-5-4-10-31-14(18)2/h4-11,36H,3,12-13H2,1-2H3,(H2,30,34)(H,32,35)/t24-/m0/s1. The highest BCUT2D eigenvalue weighted by atomic mass is 19.4. The van der Waals surface area contributed by atoms with Gasteiger partial charge in [0.1, 0.15) is 17.3 Å². The fourth-order valence-corrected chi connectivity index (χ4v) is 3.59. The van der Waals surface area contributed by atoms with Gasteiger partial charge in [0.05, 0.1) is 30.8 Å². The number of halogens is 4. The molecule has 37 heavy (non-hydrogen) atoms. The zero-order chi connectivity index (χ0) is 27.4. The molecule has 3 aromatic rings. The van der Waals surface area contributed by atoms with Crippen LogP contribution in [-0.4, -0.2) is 46.2 Å². The number of hydrogen-bond acceptors (Lipinski definition) is 6. The molecule has 1 aromatic carbocycles. The van der Waals surface area contributed by atoms with Gasteiger partial charge in [-0.25, -0.2) is 9.37 Å². The molecule has 0 aliphatic carbocycles. The number of pyridine rings is 2. The van der Waals surface area contributed by atoms with Crippen LogP contribution in [-0.2, 0) is 16.8 Å². The van der Waals surface area contributed by atoms with Crippen LogP contribution >= 0.6 is 0 Å². The lowest BCUT2D eigenvalue weighted by atomic mass is 9.93. The van der Waals surface area contributed by atoms with E-state index < -0.39 is 48.1 Å². The van der Waals surface area contributed by atoms with E-state index in [4.69, 9.17) is 10.5 Å². The fourth-order valence-electron chi connectivity index (χ4n) is 3.59. The number of nitrogens with two attached hydrogens (primary N) is 1. The molecule has 8 nitrogen and oxygen atoms in total. The third kappa shape index (κ3) is 6.02. The average molecular weight is 520 g/mol. The SMILES string of the molecule is CCOc1c(CC(N)=O)cc([C@@](O)(CNC(=O)c2cccnc2C)C(F)(F)F)nc1-c1ccc(F)cc1. The molecule has 0 unspecified atom stereocenters. The third-order valence-electron chi connectivity index (χ3n) is 5.47. The molecule has 0 aliphatic heterocycles. The summed E-state index contributed by atoms with van der Waals surface area (Å²) in [5.41, 5.74) is 0.931. The summed E-state index contributed by atoms with van der Waals surface area (Å²) in [6.45, 7) is 1.87. The Hall–Kier alpha value is -4.06. The van der Waals surface area contributed by atoms with Gasteiger partial charge in [0.15, 0.2) is 0 Å². The molecule has 196 valence electrons. The highest BCUT2D eigenvalue weighted by molar-refractivity contribution is 5.95. The summed E-state index contributed by atoms with van der Waals surface area (Å²) in [7, 11) is 0. The Morgan fingerprint density at radius 1 is 1.16 bits per heavy atom. The third-order valence-corrected chi connectivity index (χ3v) is 5.47. The summed E-state index contributed by atoms with van der Waals surface area (Å²) in [5.74, 6) is -2.42. The second kappa shape index (κ2) is 10.9. The smallest absolute Gasteiger partial charge is 0.424 e. The second-order valence-corrected chi connectivity index (χ2v) is 8.10. The van der Waals surface area contributed by atoms with Gasteiger partial charge in [0.2, 0.25) is 11.5 Å². The molecule has 0 bridgehead atoms. The van der Waals surface area contributed by atoms with Crippen molar-refractivity contribution < 1.29 is 37.0 Å². The van der Waals surface area contributed by atoms with Crippen LogP contribution in [0, 0.1) is 12.7 Å². The Morgan fingerprint density at radius 2 is 1.84 bits per heavy atom. The van der Waals surface area contributed by atoms with Crippen LogP contribution in [0.3, 0.4) is 0 Å². The number of rotatable bonds is 9. The summed E-state index contributed by atoms with van der Waals surface area (Å²) in [6.07, 6.45) is -4.43. The number of alkyl halides is 3. The van der Waals surface area contributed by atoms with Crippen molar-refractivity contribution in [2.75, 3.05) is 13.2 Å². The zero-order valence-corrected chi connectivity index (χ0v) is 19.9. The second-order valence-electron chi connectivity index (χ2n) is 8.10. The summed E-state index contributed by atoms with van der Waals surface area (Å²) >= 11 is 0. The molecule has 0 saturated carbocycles. The van der Waals surface area contributed by atoms with E-state index in [0.29, 0.717) is 0 Å². The number of carbonyl (C=O) groups is 2. The summed E-state index contributed by atoms with van der Waals surface area (Å²) < 4.78 is 62.1. The topological polar surface area (TPSA) is 127 Å². The minimum Gasteiger partial charge on any atom is -0.491 e. The maximum atomic E-state index is 14.3. The largest absolute Gasteiger partial charge is 0.491 e. The molecular weight excluding hydrogens is 496 g/mol. The molecular formula is C25H24F4N4O4. The Morgan fingerprint density at radius 3 is 2.41 bits per heavy atom. The van der Waals surface area contributed by atoms with Crippen molar-refractivity contribution in [2.45, 2.75) is 32.0 Å². The highest BCUT2D eigenvalue weighted by Gasteiger charge is 2.56. The highest BCUT2D eigenvalue weighted by Crippen LogP contribution is 2.42. The van der Waals surface area contributed by atoms with Crippen molar-refractivity contribution >= 4 is 11.8 Å². The molecule has 2 heterocycles. The molecule has 0 aliphatic rings. The van der Waals surface area contributed by atoms with Gasteiger partial charge in [-0.15, -0.1) is 0 Å². The first-order valence-electron chi connectivity index (χ1n) is 11.1. The van der Waals surface area contributed by atoms with Gasteiger partial charge in [-0.1, -0.05) is 0 Å². The lowest BCUT2D eigenvalue weighted by Gasteiger charge is -2.31. The van der Waals surface area contributed by atoms with Gasteiger partial charge in [-0.3, -0.25) is 14.6 Å². The van der Waals surface area contributed by atoms with Gasteiger partial charge in [-0.2, -0.15) is 13.2 Å². The first-order chi connectivity index (χ1) is 17.4. The number of aryl methyl sites for hydroxylation is 1. The molecule has 4 N–H and O–H groups in total. The van der Waals surface area contributed by atoms with Crippen LogP contribution in [0.25, 0.3) is 11.3 Å². The minimum absolute atomic E-state index is 0.0214. The molecule has 3 rings (SSSR count). The van der Waals surface area contributed by atoms with Gasteiger partial charge in [0.25, 0.3) is 5.91 Å². The number of amides is 2. The van der Waals surface area contributed by atoms with Crippen molar-refractivity contribution in [2.24, 2.45) is 5.73 Å². The Labute approximate surface area is 209 Å². The van der Waals surface area contributed by atoms with E-state index in [-0.39, 0.29) is 40.4 Å². The van der Waals surface area contributed by atoms with E-state index in [1.165, 1.54) is 37.4 Å². The van der Waals surface area contributed by atoms with E-state index in [1.807, 2.05) is 0 Å². The molecule has 2 amide bonds. The first-order valence-corrected chi connectivity index (χ1v) is 11.1. The number of primary amides is 1. The Kier molecular flexibility index (Phi) is 8.12. The summed E-state index contributed by atoms with van der Waals surface area (Å²) in [5, 5.41) is 13.0. The molecule has 1 atom stereocenters. The molecule has 0 fully saturated rings. The molecule has 2 aromatic heterocycles. The van der Waals surface area contributed by atoms with Crippen molar-refractivity contribution in [1.29, 1.82) is 0 Å². The van der Waals surface area contributed by atoms with Crippen LogP contribution in [0.15, 0.2) is 48.7 Å². The van der Waals surface area contributed by atoms with Crippen LogP contribution in [0.5, 0.6) is 5.75 Å². The van der Waals surface area contributed by atoms with Crippen LogP contribution in [0.1, 0.15) is 34.2 Å². The molecule has 0 saturated heterocycles. The van der Waals surface area contributed by atoms with E-state index in [1.54, 1.807) is 6.92 Å². The number of ether oxygens (including phenoxy) is 1. The van der Waals surface area contributed by atoms with Crippen LogP contribution < -0.4 is 15.8 Å². The summed E-state index contributed by atoms with van der Waals surface area (Å²) in [4.78, 5) is 32.3. The first kappa shape index (κ1) is 27.5. The van der Waals surface area contributed by atoms with Crippen molar-refractivity contribution in [3.05, 3.63) is 77.0 Å². The van der Waals surface area contributed by atoms with Crippen molar-refractivity contribution in [1.82, 2.24) is 15.3 Å². The van der Waals surface area contributed by atoms with Crippen molar-refractivity contribution in [3.8, 4) is 17.0 Å². The van der Waals surface area contributed by atoms with E-state index >= 15 is 0 Å². The predicted octanol–water partition coefficient (Wildman–Crippen LogP) is 3.20. The molecule has 12 heteroatoms. The quantitative estimate of drug-likeness (QED) is 0.372. The zero-order valence-electron chi connectivity index (χ0n) is 19.9. The minimum atomic E-state index is -5.31. The van der Waals surface area contributed by atoms with E-state index in [2.05, 4.69) is 15.3 Å². The maximum absolute atomic E-state index is 14.3. The Balaban J connectivity index is 2.17. The van der Waals surface area contributed by atoms with Crippen LogP contribution in [0.2, 0.25) is 0 Å². The van der Waals surface area contributed by atoms with Crippen molar-refractivity contribution in [3.63, 3.8) is 0 Å². The van der Waals surface area contributed by atoms with Gasteiger partial charge < -0.3 is 20.9 Å². The monoisotopic (exact) mass is 520 g/mol. The number of nitrogens with zero attached hydrogens (tertiary/aromatic N) is 2. The lowest BCUT2D eigenvalue weighted by molar-refractivity contribution is -0.265. The van der Waals surface area contributed by atoms with E-state index in [9.17, 15) is 32.3 Å². The number of carbonyl (C=O) groups excluding carboxylic acids is 2. The average Bonchev–Trinajstić information content (AvgIpc) is 2.83. The lowest BCUT2D eigenvalue weighted by Crippen LogP contribution is -2.51. The number of aliphatic hydroxyl groups is 1. The number of hydrogen-bond donors (Lipinski definition) is 3. The van der Waals surface area contributed by atoms with Gasteiger partial charge in [-0.05, 0) is 56.3 Å².